The molecule has 368 valence electrons. The molecule has 8 amide bonds. The van der Waals surface area contributed by atoms with Crippen LogP contribution in [0.2, 0.25) is 0 Å². The number of nitrogens with one attached hydrogen (secondary N) is 8. The van der Waals surface area contributed by atoms with Gasteiger partial charge >= 0.3 is 0 Å². The fourth-order valence-electron chi connectivity index (χ4n) is 8.94. The Morgan fingerprint density at radius 1 is 0.551 bits per heavy atom. The third kappa shape index (κ3) is 14.1. The maximum Gasteiger partial charge on any atom is 0.246 e. The average molecular weight is 949 g/mol. The molecule has 20 nitrogen and oxygen atoms in total. The second-order valence-corrected chi connectivity index (χ2v) is 17.7. The topological polar surface area (TPSA) is 303 Å². The summed E-state index contributed by atoms with van der Waals surface area (Å²) in [6.07, 6.45) is 1.86. The van der Waals surface area contributed by atoms with Crippen LogP contribution in [0.3, 0.4) is 0 Å². The van der Waals surface area contributed by atoms with Crippen LogP contribution in [0.15, 0.2) is 91.0 Å². The average Bonchev–Trinajstić information content (AvgIpc) is 4.05. The molecule has 8 atom stereocenters. The lowest BCUT2D eigenvalue weighted by atomic mass is 10.0. The molecule has 0 spiro atoms. The minimum absolute atomic E-state index is 0.0217. The molecule has 20 heteroatoms. The van der Waals surface area contributed by atoms with Crippen molar-refractivity contribution in [2.45, 2.75) is 113 Å². The molecule has 3 saturated heterocycles. The van der Waals surface area contributed by atoms with E-state index in [1.54, 1.807) is 84.9 Å². The number of fused-ring (bicyclic) bond motifs is 2. The summed E-state index contributed by atoms with van der Waals surface area (Å²) in [6, 6.07) is 17.2. The molecule has 0 bridgehead atoms. The first-order valence-electron chi connectivity index (χ1n) is 23.5. The van der Waals surface area contributed by atoms with Crippen molar-refractivity contribution < 1.29 is 38.4 Å². The number of benzene rings is 3. The van der Waals surface area contributed by atoms with E-state index in [1.165, 1.54) is 16.7 Å². The molecule has 3 aliphatic heterocycles. The smallest absolute Gasteiger partial charge is 0.246 e. The predicted molar refractivity (Wildman–Crippen MR) is 255 cm³/mol. The number of nitrogens with two attached hydrogens (primary N) is 2. The van der Waals surface area contributed by atoms with E-state index in [1.807, 2.05) is 6.07 Å². The van der Waals surface area contributed by atoms with Crippen LogP contribution in [0, 0.1) is 5.41 Å². The summed E-state index contributed by atoms with van der Waals surface area (Å²) in [5.74, 6) is -5.59. The number of guanidine groups is 1. The molecular formula is C49H64N12O8. The van der Waals surface area contributed by atoms with Crippen molar-refractivity contribution in [3.63, 3.8) is 0 Å². The molecule has 3 fully saturated rings. The van der Waals surface area contributed by atoms with Gasteiger partial charge in [-0.05, 0) is 62.1 Å². The highest BCUT2D eigenvalue weighted by atomic mass is 16.2. The zero-order chi connectivity index (χ0) is 49.5. The molecule has 0 aromatic heterocycles. The van der Waals surface area contributed by atoms with Gasteiger partial charge < -0.3 is 58.5 Å². The Morgan fingerprint density at radius 3 is 1.48 bits per heavy atom. The van der Waals surface area contributed by atoms with Gasteiger partial charge in [0.1, 0.15) is 48.3 Å². The number of rotatable bonds is 11. The molecule has 0 saturated carbocycles. The summed E-state index contributed by atoms with van der Waals surface area (Å²) in [5.41, 5.74) is 13.6. The van der Waals surface area contributed by atoms with Gasteiger partial charge in [-0.15, -0.1) is 0 Å². The van der Waals surface area contributed by atoms with Gasteiger partial charge in [0.15, 0.2) is 5.96 Å². The van der Waals surface area contributed by atoms with Crippen LogP contribution in [-0.4, -0.2) is 138 Å². The fourth-order valence-corrected chi connectivity index (χ4v) is 8.94. The number of hydrogen-bond donors (Lipinski definition) is 10. The second-order valence-electron chi connectivity index (χ2n) is 17.7. The molecule has 6 rings (SSSR count). The first kappa shape index (κ1) is 51.0. The Balaban J connectivity index is 1.37. The van der Waals surface area contributed by atoms with E-state index in [2.05, 4.69) is 37.2 Å². The van der Waals surface area contributed by atoms with Crippen LogP contribution in [0.4, 0.5) is 0 Å². The van der Waals surface area contributed by atoms with Crippen LogP contribution < -0.4 is 48.7 Å². The molecule has 0 aliphatic carbocycles. The fraction of sp³-hybridized carbons (Fsp3) is 0.449. The molecule has 0 radical (unpaired) electrons. The molecular weight excluding hydrogens is 885 g/mol. The van der Waals surface area contributed by atoms with Crippen LogP contribution in [-0.2, 0) is 57.6 Å². The summed E-state index contributed by atoms with van der Waals surface area (Å²) in [6.45, 7) is 1.65. The number of hydrogen-bond acceptors (Lipinski definition) is 10. The van der Waals surface area contributed by atoms with Crippen LogP contribution in [0.25, 0.3) is 0 Å². The first-order chi connectivity index (χ1) is 33.2. The van der Waals surface area contributed by atoms with Gasteiger partial charge in [0.2, 0.25) is 47.3 Å². The van der Waals surface area contributed by atoms with E-state index in [-0.39, 0.29) is 64.1 Å². The number of carbonyl (C=O) groups is 8. The Morgan fingerprint density at radius 2 is 0.971 bits per heavy atom. The van der Waals surface area contributed by atoms with E-state index < -0.39 is 102 Å². The Labute approximate surface area is 401 Å². The predicted octanol–water partition coefficient (Wildman–Crippen LogP) is -1.14. The third-order valence-corrected chi connectivity index (χ3v) is 12.6. The minimum atomic E-state index is -1.37. The number of nitrogens with zero attached hydrogens (tertiary/aromatic N) is 2. The highest BCUT2D eigenvalue weighted by molar-refractivity contribution is 5.99. The first-order valence-corrected chi connectivity index (χ1v) is 23.5. The van der Waals surface area contributed by atoms with Crippen molar-refractivity contribution in [1.82, 2.24) is 47.0 Å². The summed E-state index contributed by atoms with van der Waals surface area (Å²) in [4.78, 5) is 117. The zero-order valence-corrected chi connectivity index (χ0v) is 38.8. The molecule has 69 heavy (non-hydrogen) atoms. The van der Waals surface area contributed by atoms with Crippen molar-refractivity contribution in [3.8, 4) is 0 Å². The van der Waals surface area contributed by atoms with Gasteiger partial charge in [0.05, 0.1) is 0 Å². The van der Waals surface area contributed by atoms with Gasteiger partial charge in [-0.25, -0.2) is 0 Å². The normalized spacial score (nSPS) is 25.7. The molecule has 3 aromatic rings. The van der Waals surface area contributed by atoms with Crippen molar-refractivity contribution in [2.75, 3.05) is 26.2 Å². The van der Waals surface area contributed by atoms with Crippen molar-refractivity contribution in [1.29, 1.82) is 5.41 Å². The number of amides is 8. The van der Waals surface area contributed by atoms with Gasteiger partial charge in [-0.1, -0.05) is 91.0 Å². The zero-order valence-electron chi connectivity index (χ0n) is 38.8. The van der Waals surface area contributed by atoms with E-state index in [0.29, 0.717) is 30.4 Å². The summed E-state index contributed by atoms with van der Waals surface area (Å²) in [7, 11) is 0. The maximum atomic E-state index is 14.6. The van der Waals surface area contributed by atoms with Crippen molar-refractivity contribution in [3.05, 3.63) is 108 Å². The largest absolute Gasteiger partial charge is 0.370 e. The van der Waals surface area contributed by atoms with E-state index in [9.17, 15) is 38.4 Å². The number of carbonyl (C=O) groups excluding carboxylic acids is 8. The Hall–Kier alpha value is -7.35. The Bertz CT molecular complexity index is 2300. The van der Waals surface area contributed by atoms with E-state index in [0.717, 1.165) is 5.56 Å². The summed E-state index contributed by atoms with van der Waals surface area (Å²) >= 11 is 0. The highest BCUT2D eigenvalue weighted by Crippen LogP contribution is 2.26. The minimum Gasteiger partial charge on any atom is -0.370 e. The van der Waals surface area contributed by atoms with E-state index in [4.69, 9.17) is 16.9 Å². The van der Waals surface area contributed by atoms with Crippen LogP contribution in [0.5, 0.6) is 0 Å². The molecule has 12 N–H and O–H groups in total. The van der Waals surface area contributed by atoms with Crippen LogP contribution in [0.1, 0.15) is 62.1 Å². The Kier molecular flexibility index (Phi) is 18.2. The van der Waals surface area contributed by atoms with Gasteiger partial charge in [-0.2, -0.15) is 0 Å². The quantitative estimate of drug-likeness (QED) is 0.0623. The lowest BCUT2D eigenvalue weighted by Crippen LogP contribution is -2.62. The molecule has 3 aromatic carbocycles. The van der Waals surface area contributed by atoms with Gasteiger partial charge in [0, 0.05) is 45.4 Å². The van der Waals surface area contributed by atoms with E-state index >= 15 is 0 Å². The lowest BCUT2D eigenvalue weighted by molar-refractivity contribution is -0.148. The molecule has 3 heterocycles. The van der Waals surface area contributed by atoms with Gasteiger partial charge in [-0.3, -0.25) is 43.8 Å². The third-order valence-electron chi connectivity index (χ3n) is 12.6. The maximum absolute atomic E-state index is 14.6. The molecule has 0 unspecified atom stereocenters. The molecule has 3 aliphatic rings. The SMILES string of the molecule is C[C@@H]1NC(=O)[C@H](CN)NC(=O)[C@@H](Cc2ccccc2)NC(=O)[C@H](Cc2ccccc2)NC(=O)[C@H](CCCNC(=N)N)NC(=O)[C@@H]2CCCN2C(=O)[C@H]2CCCN2C(=O)[C@H](Cc2ccccc2)NC1=O. The lowest BCUT2D eigenvalue weighted by Gasteiger charge is -2.34. The summed E-state index contributed by atoms with van der Waals surface area (Å²) in [5, 5.41) is 26.7. The monoisotopic (exact) mass is 948 g/mol. The van der Waals surface area contributed by atoms with Gasteiger partial charge in [0.25, 0.3) is 0 Å². The van der Waals surface area contributed by atoms with Crippen LogP contribution >= 0.6 is 0 Å². The van der Waals surface area contributed by atoms with Crippen molar-refractivity contribution >= 4 is 53.2 Å². The standard InChI is InChI=1S/C49H64N12O8/c1-30-41(62)58-37(28-33-18-9-4-10-19-33)47(68)61-25-13-22-40(61)48(69)60-24-12-21-39(60)46(67)55-34(20-11-23-53-49(51)52)42(63)56-35(26-31-14-5-2-6-15-31)43(64)57-36(27-32-16-7-3-8-17-32)44(65)59-38(29-50)45(66)54-30/h2-10,14-19,30,34-40H,11-13,20-29,50H2,1H3,(H,54,66)(H,55,67)(H,56,63)(H,57,64)(H,58,62)(H,59,65)(H4,51,52,53)/t30-,34-,35-,36+,37-,38-,39-,40+/m0/s1. The summed E-state index contributed by atoms with van der Waals surface area (Å²) < 4.78 is 0. The second kappa shape index (κ2) is 24.6. The highest BCUT2D eigenvalue weighted by Gasteiger charge is 2.44. The van der Waals surface area contributed by atoms with Crippen molar-refractivity contribution in [2.24, 2.45) is 11.5 Å².